The summed E-state index contributed by atoms with van der Waals surface area (Å²) in [5.41, 5.74) is -1.32. The van der Waals surface area contributed by atoms with Crippen molar-refractivity contribution in [2.24, 2.45) is 0 Å². The molecule has 0 unspecified atom stereocenters. The number of fused-ring (bicyclic) bond motifs is 2. The van der Waals surface area contributed by atoms with Gasteiger partial charge in [-0.15, -0.1) is 5.10 Å². The lowest BCUT2D eigenvalue weighted by Gasteiger charge is -2.38. The minimum Gasteiger partial charge on any atom is -0.479 e. The minimum absolute atomic E-state index is 0.00141. The highest BCUT2D eigenvalue weighted by Crippen LogP contribution is 2.37. The third-order valence-electron chi connectivity index (χ3n) is 6.60. The fourth-order valence-corrected chi connectivity index (χ4v) is 4.78. The minimum atomic E-state index is -3.42. The number of hydrogen-bond donors (Lipinski definition) is 1. The summed E-state index contributed by atoms with van der Waals surface area (Å²) >= 11 is 0. The Morgan fingerprint density at radius 2 is 2.05 bits per heavy atom. The fourth-order valence-electron chi connectivity index (χ4n) is 4.78. The zero-order valence-corrected chi connectivity index (χ0v) is 20.5. The van der Waals surface area contributed by atoms with Crippen molar-refractivity contribution in [1.29, 1.82) is 0 Å². The molecule has 1 N–H and O–H groups in total. The van der Waals surface area contributed by atoms with Crippen LogP contribution in [0.4, 0.5) is 32.3 Å². The van der Waals surface area contributed by atoms with E-state index in [1.807, 2.05) is 0 Å². The van der Waals surface area contributed by atoms with Crippen LogP contribution in [-0.2, 0) is 11.3 Å². The summed E-state index contributed by atoms with van der Waals surface area (Å²) < 4.78 is 116. The van der Waals surface area contributed by atoms with Gasteiger partial charge in [0.05, 0.1) is 47.6 Å². The molecule has 0 aliphatic carbocycles. The molecule has 208 valence electrons. The van der Waals surface area contributed by atoms with Crippen LogP contribution in [0.2, 0.25) is 0 Å². The topological polar surface area (TPSA) is 89.6 Å². The van der Waals surface area contributed by atoms with E-state index in [1.54, 1.807) is 0 Å². The third kappa shape index (κ3) is 4.69. The second-order valence-corrected chi connectivity index (χ2v) is 9.16. The lowest BCUT2D eigenvalue weighted by Crippen LogP contribution is -2.55. The molecule has 1 aliphatic rings. The quantitative estimate of drug-likeness (QED) is 0.356. The highest BCUT2D eigenvalue weighted by atomic mass is 19.3. The van der Waals surface area contributed by atoms with Crippen LogP contribution in [0.15, 0.2) is 18.3 Å². The van der Waals surface area contributed by atoms with E-state index in [0.29, 0.717) is 0 Å². The molecule has 1 aliphatic heterocycles. The Morgan fingerprint density at radius 3 is 2.72 bits per heavy atom. The zero-order chi connectivity index (χ0) is 30.7. The molecule has 4 heterocycles. The average Bonchev–Trinajstić information content (AvgIpc) is 3.35. The molecule has 1 saturated heterocycles. The van der Waals surface area contributed by atoms with Crippen LogP contribution in [0.25, 0.3) is 27.7 Å². The predicted octanol–water partition coefficient (Wildman–Crippen LogP) is 4.27. The number of rotatable bonds is 6. The third-order valence-corrected chi connectivity index (χ3v) is 6.60. The molecule has 1 atom stereocenters. The predicted molar refractivity (Wildman–Crippen MR) is 128 cm³/mol. The Hall–Kier alpha value is -4.04. The van der Waals surface area contributed by atoms with E-state index in [2.05, 4.69) is 20.4 Å². The van der Waals surface area contributed by atoms with Gasteiger partial charge >= 0.3 is 0 Å². The number of aromatic nitrogens is 5. The Morgan fingerprint density at radius 1 is 1.28 bits per heavy atom. The number of carbonyl (C=O) groups is 1. The molecule has 0 bridgehead atoms. The molecule has 1 amide bonds. The zero-order valence-electron chi connectivity index (χ0n) is 23.5. The van der Waals surface area contributed by atoms with Gasteiger partial charge in [0.2, 0.25) is 17.7 Å². The lowest BCUT2D eigenvalue weighted by atomic mass is 10.0. The maximum atomic E-state index is 15.5. The summed E-state index contributed by atoms with van der Waals surface area (Å²) in [6.45, 7) is 0.870. The first kappa shape index (κ1) is 22.9. The van der Waals surface area contributed by atoms with Gasteiger partial charge in [-0.1, -0.05) is 0 Å². The number of imidazole rings is 1. The van der Waals surface area contributed by atoms with Crippen molar-refractivity contribution in [3.63, 3.8) is 0 Å². The number of nitrogens with zero attached hydrogens (tertiary/aromatic N) is 6. The number of halogens is 6. The summed E-state index contributed by atoms with van der Waals surface area (Å²) in [5, 5.41) is 6.42. The number of carbonyl (C=O) groups excluding carboxylic acids is 1. The maximum Gasteiger partial charge on any atom is 0.285 e. The lowest BCUT2D eigenvalue weighted by molar-refractivity contribution is -0.140. The molecule has 39 heavy (non-hydrogen) atoms. The Kier molecular flexibility index (Phi) is 5.64. The van der Waals surface area contributed by atoms with Crippen molar-refractivity contribution in [3.8, 4) is 17.0 Å². The van der Waals surface area contributed by atoms with Gasteiger partial charge in [0.25, 0.3) is 12.3 Å². The summed E-state index contributed by atoms with van der Waals surface area (Å²) in [4.78, 5) is 20.4. The molecule has 4 aromatic rings. The number of amides is 1. The van der Waals surface area contributed by atoms with E-state index in [1.165, 1.54) is 13.0 Å². The molecule has 1 aromatic carbocycles. The number of aryl methyl sites for hydroxylation is 1. The van der Waals surface area contributed by atoms with Crippen molar-refractivity contribution >= 4 is 28.4 Å². The summed E-state index contributed by atoms with van der Waals surface area (Å²) in [5.74, 6) is -7.16. The number of hydrogen-bond acceptors (Lipinski definition) is 6. The highest BCUT2D eigenvalue weighted by molar-refractivity contribution is 5.90. The molecular formula is C24H23F6N7O2. The second-order valence-electron chi connectivity index (χ2n) is 9.16. The molecule has 1 fully saturated rings. The van der Waals surface area contributed by atoms with E-state index in [-0.39, 0.29) is 40.9 Å². The number of piperidine rings is 1. The van der Waals surface area contributed by atoms with Crippen LogP contribution in [0.1, 0.15) is 23.3 Å². The van der Waals surface area contributed by atoms with E-state index in [4.69, 9.17) is 8.85 Å². The van der Waals surface area contributed by atoms with Crippen LogP contribution in [-0.4, -0.2) is 73.5 Å². The number of benzene rings is 1. The number of alkyl halides is 4. The number of likely N-dealkylation sites (tertiary alicyclic amines) is 1. The van der Waals surface area contributed by atoms with Gasteiger partial charge in [-0.25, -0.2) is 35.8 Å². The molecule has 0 saturated carbocycles. The Balaban J connectivity index is 1.63. The molecule has 0 radical (unpaired) electrons. The molecule has 9 nitrogen and oxygen atoms in total. The molecular weight excluding hydrogens is 532 g/mol. The van der Waals surface area contributed by atoms with Crippen molar-refractivity contribution in [1.82, 2.24) is 29.0 Å². The summed E-state index contributed by atoms with van der Waals surface area (Å²) in [7, 11) is -3.14. The van der Waals surface area contributed by atoms with Crippen molar-refractivity contribution in [2.45, 2.75) is 45.2 Å². The van der Waals surface area contributed by atoms with Crippen molar-refractivity contribution in [2.75, 3.05) is 25.4 Å². The van der Waals surface area contributed by atoms with Gasteiger partial charge in [0.1, 0.15) is 16.9 Å². The molecule has 0 spiro atoms. The number of methoxy groups -OCH3 is 1. The van der Waals surface area contributed by atoms with Crippen LogP contribution in [0.3, 0.4) is 0 Å². The number of nitrogens with one attached hydrogen (secondary N) is 1. The molecule has 15 heteroatoms. The van der Waals surface area contributed by atoms with Gasteiger partial charge in [-0.3, -0.25) is 4.79 Å². The normalized spacial score (nSPS) is 18.8. The first-order valence-electron chi connectivity index (χ1n) is 13.2. The van der Waals surface area contributed by atoms with E-state index in [0.717, 1.165) is 33.2 Å². The average molecular weight is 559 g/mol. The summed E-state index contributed by atoms with van der Waals surface area (Å²) in [6, 6.07) is 0.517. The fraction of sp³-hybridized carbons (Fsp3) is 0.417. The SMILES string of the molecule is [2H]C([2H])([2H])Oc1nc(N[C@@H]2CCN(C(C)=O)CC2(F)F)nn2cc(F)c(-c3cc(F)c4nc(C)n(CC(F)F)c4c3)c12. The number of ether oxygens (including phenoxy) is 1. The van der Waals surface area contributed by atoms with Gasteiger partial charge in [-0.05, 0) is 31.0 Å². The van der Waals surface area contributed by atoms with Crippen LogP contribution < -0.4 is 10.1 Å². The molecule has 5 rings (SSSR count). The van der Waals surface area contributed by atoms with E-state index >= 15 is 8.78 Å². The van der Waals surface area contributed by atoms with Crippen LogP contribution >= 0.6 is 0 Å². The van der Waals surface area contributed by atoms with Crippen molar-refractivity contribution in [3.05, 3.63) is 35.8 Å². The first-order chi connectivity index (χ1) is 19.5. The Bertz CT molecular complexity index is 1690. The van der Waals surface area contributed by atoms with Gasteiger partial charge in [-0.2, -0.15) is 4.98 Å². The van der Waals surface area contributed by atoms with Crippen LogP contribution in [0, 0.1) is 18.6 Å². The van der Waals surface area contributed by atoms with Gasteiger partial charge in [0, 0.05) is 13.5 Å². The monoisotopic (exact) mass is 558 g/mol. The first-order valence-corrected chi connectivity index (χ1v) is 11.7. The summed E-state index contributed by atoms with van der Waals surface area (Å²) in [6.07, 6.45) is -2.23. The van der Waals surface area contributed by atoms with Gasteiger partial charge < -0.3 is 19.5 Å². The largest absolute Gasteiger partial charge is 0.479 e. The van der Waals surface area contributed by atoms with E-state index in [9.17, 15) is 22.4 Å². The standard InChI is InChI=1S/C24H23F6N7O2/c1-11-31-20-14(25)6-13(7-16(20)36(11)9-18(27)28)19-15(26)8-37-21(19)22(39-3)33-23(34-37)32-17-4-5-35(12(2)38)10-24(17,29)30/h6-8,17-18H,4-5,9-10H2,1-3H3,(H,32,34)/t17-/m1/s1/i3D3. The van der Waals surface area contributed by atoms with E-state index < -0.39 is 73.5 Å². The molecule has 3 aromatic heterocycles. The second kappa shape index (κ2) is 9.61. The van der Waals surface area contributed by atoms with Crippen LogP contribution in [0.5, 0.6) is 5.88 Å². The highest BCUT2D eigenvalue weighted by Gasteiger charge is 2.46. The Labute approximate surface area is 221 Å². The number of anilines is 1. The smallest absolute Gasteiger partial charge is 0.285 e. The van der Waals surface area contributed by atoms with Crippen molar-refractivity contribution < 1.29 is 40.0 Å². The van der Waals surface area contributed by atoms with Gasteiger partial charge in [0.15, 0.2) is 11.6 Å². The maximum absolute atomic E-state index is 15.5.